The third-order valence-corrected chi connectivity index (χ3v) is 5.08. The van der Waals surface area contributed by atoms with E-state index >= 15 is 0 Å². The van der Waals surface area contributed by atoms with Gasteiger partial charge in [-0.05, 0) is 52.1 Å². The Balaban J connectivity index is 1.90. The summed E-state index contributed by atoms with van der Waals surface area (Å²) in [5, 5.41) is 5.11. The zero-order valence-corrected chi connectivity index (χ0v) is 15.8. The van der Waals surface area contributed by atoms with Crippen LogP contribution >= 0.6 is 0 Å². The Bertz CT molecular complexity index is 1070. The van der Waals surface area contributed by atoms with Crippen molar-refractivity contribution in [3.8, 4) is 11.3 Å². The summed E-state index contributed by atoms with van der Waals surface area (Å²) in [5.74, 6) is 0.666. The maximum atomic E-state index is 4.79. The van der Waals surface area contributed by atoms with Crippen LogP contribution in [0.2, 0.25) is 0 Å². The molecule has 0 aliphatic carbocycles. The molecule has 1 aromatic heterocycles. The van der Waals surface area contributed by atoms with Crippen molar-refractivity contribution >= 4 is 21.5 Å². The molecule has 3 aromatic carbocycles. The summed E-state index contributed by atoms with van der Waals surface area (Å²) in [5.41, 5.74) is 5.08. The van der Waals surface area contributed by atoms with Gasteiger partial charge in [-0.2, -0.15) is 0 Å². The minimum absolute atomic E-state index is 0.666. The van der Waals surface area contributed by atoms with Crippen LogP contribution in [0, 0.1) is 5.92 Å². The first-order valence-corrected chi connectivity index (χ1v) is 9.55. The van der Waals surface area contributed by atoms with Gasteiger partial charge in [-0.3, -0.25) is 4.98 Å². The highest BCUT2D eigenvalue weighted by atomic mass is 14.7. The molecular formula is C25H25N. The number of pyridine rings is 1. The summed E-state index contributed by atoms with van der Waals surface area (Å²) in [6, 6.07) is 22.1. The number of benzene rings is 3. The van der Waals surface area contributed by atoms with Crippen molar-refractivity contribution in [1.29, 1.82) is 0 Å². The van der Waals surface area contributed by atoms with Gasteiger partial charge in [0.1, 0.15) is 0 Å². The fourth-order valence-corrected chi connectivity index (χ4v) is 3.86. The first kappa shape index (κ1) is 16.8. The fourth-order valence-electron chi connectivity index (χ4n) is 3.86. The van der Waals surface area contributed by atoms with Gasteiger partial charge in [0.15, 0.2) is 0 Å². The largest absolute Gasteiger partial charge is 0.256 e. The van der Waals surface area contributed by atoms with E-state index in [-0.39, 0.29) is 0 Å². The van der Waals surface area contributed by atoms with Gasteiger partial charge < -0.3 is 0 Å². The molecule has 4 aromatic rings. The first-order chi connectivity index (χ1) is 12.7. The van der Waals surface area contributed by atoms with Crippen molar-refractivity contribution in [3.63, 3.8) is 0 Å². The lowest BCUT2D eigenvalue weighted by Crippen LogP contribution is -1.94. The molecule has 130 valence electrons. The highest BCUT2D eigenvalue weighted by Gasteiger charge is 2.09. The fraction of sp³-hybridized carbons (Fsp3) is 0.240. The molecule has 0 bridgehead atoms. The van der Waals surface area contributed by atoms with Crippen molar-refractivity contribution in [1.82, 2.24) is 4.98 Å². The first-order valence-electron chi connectivity index (χ1n) is 9.55. The Morgan fingerprint density at radius 2 is 1.65 bits per heavy atom. The van der Waals surface area contributed by atoms with E-state index in [0.29, 0.717) is 5.92 Å². The molecule has 0 atom stereocenters. The summed E-state index contributed by atoms with van der Waals surface area (Å²) in [4.78, 5) is 4.79. The van der Waals surface area contributed by atoms with Gasteiger partial charge in [0, 0.05) is 17.1 Å². The Morgan fingerprint density at radius 1 is 0.846 bits per heavy atom. The Morgan fingerprint density at radius 3 is 2.42 bits per heavy atom. The van der Waals surface area contributed by atoms with Gasteiger partial charge >= 0.3 is 0 Å². The van der Waals surface area contributed by atoms with E-state index in [1.807, 2.05) is 6.20 Å². The Hall–Kier alpha value is -2.67. The number of rotatable bonds is 4. The SMILES string of the molecule is CCc1cccc2cccc(-c3cc4cc(CC(C)C)ccc4cn3)c12. The van der Waals surface area contributed by atoms with Gasteiger partial charge in [0.25, 0.3) is 0 Å². The zero-order valence-electron chi connectivity index (χ0n) is 15.8. The van der Waals surface area contributed by atoms with Gasteiger partial charge in [0.05, 0.1) is 5.69 Å². The average Bonchev–Trinajstić information content (AvgIpc) is 2.66. The molecule has 26 heavy (non-hydrogen) atoms. The van der Waals surface area contributed by atoms with Crippen LogP contribution in [-0.4, -0.2) is 4.98 Å². The third-order valence-electron chi connectivity index (χ3n) is 5.08. The lowest BCUT2D eigenvalue weighted by Gasteiger charge is -2.12. The van der Waals surface area contributed by atoms with Crippen LogP contribution in [0.1, 0.15) is 31.9 Å². The molecule has 0 saturated carbocycles. The number of aromatic nitrogens is 1. The van der Waals surface area contributed by atoms with E-state index in [2.05, 4.69) is 81.4 Å². The highest BCUT2D eigenvalue weighted by Crippen LogP contribution is 2.32. The number of nitrogens with zero attached hydrogens (tertiary/aromatic N) is 1. The molecule has 0 spiro atoms. The van der Waals surface area contributed by atoms with Crippen LogP contribution in [-0.2, 0) is 12.8 Å². The summed E-state index contributed by atoms with van der Waals surface area (Å²) < 4.78 is 0. The summed E-state index contributed by atoms with van der Waals surface area (Å²) in [6.07, 6.45) is 4.15. The minimum Gasteiger partial charge on any atom is -0.256 e. The Kier molecular flexibility index (Phi) is 4.46. The molecular weight excluding hydrogens is 314 g/mol. The number of fused-ring (bicyclic) bond motifs is 2. The highest BCUT2D eigenvalue weighted by molar-refractivity contribution is 5.99. The second-order valence-electron chi connectivity index (χ2n) is 7.52. The van der Waals surface area contributed by atoms with E-state index in [1.165, 1.54) is 38.2 Å². The van der Waals surface area contributed by atoms with E-state index in [0.717, 1.165) is 18.5 Å². The van der Waals surface area contributed by atoms with Crippen LogP contribution < -0.4 is 0 Å². The molecule has 0 aliphatic heterocycles. The maximum absolute atomic E-state index is 4.79. The van der Waals surface area contributed by atoms with Gasteiger partial charge in [-0.1, -0.05) is 75.4 Å². The van der Waals surface area contributed by atoms with Crippen molar-refractivity contribution in [2.75, 3.05) is 0 Å². The topological polar surface area (TPSA) is 12.9 Å². The number of aryl methyl sites for hydroxylation is 1. The molecule has 0 saturated heterocycles. The zero-order chi connectivity index (χ0) is 18.1. The molecule has 0 unspecified atom stereocenters. The van der Waals surface area contributed by atoms with Crippen LogP contribution in [0.3, 0.4) is 0 Å². The van der Waals surface area contributed by atoms with E-state index < -0.39 is 0 Å². The van der Waals surface area contributed by atoms with Crippen molar-refractivity contribution < 1.29 is 0 Å². The molecule has 1 heteroatoms. The summed E-state index contributed by atoms with van der Waals surface area (Å²) in [6.45, 7) is 6.76. The van der Waals surface area contributed by atoms with Gasteiger partial charge in [0.2, 0.25) is 0 Å². The summed E-state index contributed by atoms with van der Waals surface area (Å²) >= 11 is 0. The standard InChI is InChI=1S/C25H25N/c1-4-19-7-5-8-20-9-6-10-23(25(19)20)24-15-22-14-18(13-17(2)3)11-12-21(22)16-26-24/h5-12,14-17H,4,13H2,1-3H3. The molecule has 0 fully saturated rings. The van der Waals surface area contributed by atoms with Crippen molar-refractivity contribution in [2.45, 2.75) is 33.6 Å². The van der Waals surface area contributed by atoms with Crippen LogP contribution in [0.4, 0.5) is 0 Å². The quantitative estimate of drug-likeness (QED) is 0.398. The third kappa shape index (κ3) is 3.10. The smallest absolute Gasteiger partial charge is 0.0714 e. The van der Waals surface area contributed by atoms with Crippen LogP contribution in [0.15, 0.2) is 66.9 Å². The lowest BCUT2D eigenvalue weighted by atomic mass is 9.94. The van der Waals surface area contributed by atoms with E-state index in [1.54, 1.807) is 0 Å². The minimum atomic E-state index is 0.666. The predicted octanol–water partition coefficient (Wildman–Crippen LogP) is 6.82. The molecule has 0 N–H and O–H groups in total. The van der Waals surface area contributed by atoms with Crippen LogP contribution in [0.25, 0.3) is 32.8 Å². The van der Waals surface area contributed by atoms with Crippen molar-refractivity contribution in [3.05, 3.63) is 78.0 Å². The monoisotopic (exact) mass is 339 g/mol. The van der Waals surface area contributed by atoms with Gasteiger partial charge in [-0.15, -0.1) is 0 Å². The molecule has 1 nitrogen and oxygen atoms in total. The number of hydrogen-bond donors (Lipinski definition) is 0. The van der Waals surface area contributed by atoms with E-state index in [9.17, 15) is 0 Å². The molecule has 0 aliphatic rings. The molecule has 0 amide bonds. The second-order valence-corrected chi connectivity index (χ2v) is 7.52. The van der Waals surface area contributed by atoms with E-state index in [4.69, 9.17) is 4.98 Å². The predicted molar refractivity (Wildman–Crippen MR) is 113 cm³/mol. The normalized spacial score (nSPS) is 11.5. The lowest BCUT2D eigenvalue weighted by molar-refractivity contribution is 0.648. The molecule has 1 heterocycles. The molecule has 4 rings (SSSR count). The average molecular weight is 339 g/mol. The number of hydrogen-bond acceptors (Lipinski definition) is 1. The second kappa shape index (κ2) is 6.92. The maximum Gasteiger partial charge on any atom is 0.0714 e. The van der Waals surface area contributed by atoms with Gasteiger partial charge in [-0.25, -0.2) is 0 Å². The van der Waals surface area contributed by atoms with Crippen LogP contribution in [0.5, 0.6) is 0 Å². The molecule has 0 radical (unpaired) electrons. The Labute approximate surface area is 155 Å². The summed E-state index contributed by atoms with van der Waals surface area (Å²) in [7, 11) is 0. The van der Waals surface area contributed by atoms with Crippen molar-refractivity contribution in [2.24, 2.45) is 5.92 Å².